The van der Waals surface area contributed by atoms with E-state index in [1.165, 1.54) is 23.1 Å². The van der Waals surface area contributed by atoms with Crippen LogP contribution >= 0.6 is 34.7 Å². The van der Waals surface area contributed by atoms with Crippen LogP contribution in [0.1, 0.15) is 6.92 Å². The summed E-state index contributed by atoms with van der Waals surface area (Å²) in [5.41, 5.74) is 1.56. The molecule has 1 unspecified atom stereocenters. The number of aromatic nitrogens is 1. The number of carbonyl (C=O) groups is 1. The van der Waals surface area contributed by atoms with Crippen molar-refractivity contribution in [2.75, 3.05) is 5.32 Å². The molecule has 0 saturated heterocycles. The highest BCUT2D eigenvalue weighted by Gasteiger charge is 2.15. The van der Waals surface area contributed by atoms with Crippen LogP contribution in [0.15, 0.2) is 52.2 Å². The first-order chi connectivity index (χ1) is 11.4. The van der Waals surface area contributed by atoms with Gasteiger partial charge in [0, 0.05) is 22.7 Å². The number of thioether (sulfide) groups is 1. The number of amides is 1. The lowest BCUT2D eigenvalue weighted by atomic mass is 10.3. The highest BCUT2D eigenvalue weighted by Crippen LogP contribution is 2.26. The summed E-state index contributed by atoms with van der Waals surface area (Å²) in [4.78, 5) is 25.0. The number of fused-ring (bicyclic) bond motifs is 1. The average Bonchev–Trinajstić information content (AvgIpc) is 2.83. The third kappa shape index (κ3) is 3.66. The van der Waals surface area contributed by atoms with Crippen molar-refractivity contribution in [3.63, 3.8) is 0 Å². The Bertz CT molecular complexity index is 947. The second-order valence-corrected chi connectivity index (χ2v) is 8.16. The smallest absolute Gasteiger partial charge is 0.307 e. The predicted octanol–water partition coefficient (Wildman–Crippen LogP) is 4.37. The van der Waals surface area contributed by atoms with Crippen LogP contribution in [-0.2, 0) is 11.8 Å². The molecule has 3 aromatic rings. The molecule has 0 aliphatic heterocycles. The van der Waals surface area contributed by atoms with Gasteiger partial charge in [0.2, 0.25) is 5.91 Å². The highest BCUT2D eigenvalue weighted by molar-refractivity contribution is 8.00. The number of nitrogens with one attached hydrogen (secondary N) is 1. The second-order valence-electron chi connectivity index (χ2n) is 5.31. The number of halogens is 1. The summed E-state index contributed by atoms with van der Waals surface area (Å²) in [6, 6.07) is 12.9. The fraction of sp³-hybridized carbons (Fsp3) is 0.176. The van der Waals surface area contributed by atoms with E-state index in [-0.39, 0.29) is 16.0 Å². The number of hydrogen-bond acceptors (Lipinski definition) is 4. The minimum Gasteiger partial charge on any atom is -0.325 e. The van der Waals surface area contributed by atoms with Crippen LogP contribution in [0.2, 0.25) is 5.02 Å². The van der Waals surface area contributed by atoms with Gasteiger partial charge in [-0.05, 0) is 49.4 Å². The molecular formula is C17H15ClN2O2S2. The molecule has 1 amide bonds. The first-order valence-corrected chi connectivity index (χ1v) is 9.34. The van der Waals surface area contributed by atoms with Crippen molar-refractivity contribution in [2.45, 2.75) is 17.1 Å². The molecular weight excluding hydrogens is 364 g/mol. The van der Waals surface area contributed by atoms with Crippen molar-refractivity contribution >= 4 is 56.5 Å². The molecule has 7 heteroatoms. The number of benzene rings is 2. The molecule has 24 heavy (non-hydrogen) atoms. The first kappa shape index (κ1) is 17.1. The Labute approximate surface area is 152 Å². The topological polar surface area (TPSA) is 51.1 Å². The normalized spacial score (nSPS) is 12.3. The molecule has 0 aliphatic carbocycles. The van der Waals surface area contributed by atoms with E-state index in [0.29, 0.717) is 10.7 Å². The molecule has 0 fully saturated rings. The zero-order valence-corrected chi connectivity index (χ0v) is 15.5. The SMILES string of the molecule is CC(Sc1ccc(Cl)cc1)C(=O)Nc1ccc2c(c1)sc(=O)n2C. The van der Waals surface area contributed by atoms with Crippen LogP contribution in [0.5, 0.6) is 0 Å². The number of thiazole rings is 1. The van der Waals surface area contributed by atoms with Crippen LogP contribution in [0.4, 0.5) is 5.69 Å². The standard InChI is InChI=1S/C17H15ClN2O2S2/c1-10(23-13-6-3-11(18)4-7-13)16(21)19-12-5-8-14-15(9-12)24-17(22)20(14)2/h3-10H,1-2H3,(H,19,21). The van der Waals surface area contributed by atoms with Crippen LogP contribution in [0, 0.1) is 0 Å². The molecule has 0 bridgehead atoms. The second kappa shape index (κ2) is 7.01. The molecule has 4 nitrogen and oxygen atoms in total. The van der Waals surface area contributed by atoms with Crippen LogP contribution in [0.3, 0.4) is 0 Å². The molecule has 1 atom stereocenters. The maximum Gasteiger partial charge on any atom is 0.307 e. The maximum atomic E-state index is 12.4. The molecule has 0 saturated carbocycles. The summed E-state index contributed by atoms with van der Waals surface area (Å²) in [5.74, 6) is -0.0856. The zero-order valence-electron chi connectivity index (χ0n) is 13.1. The summed E-state index contributed by atoms with van der Waals surface area (Å²) in [7, 11) is 1.74. The van der Waals surface area contributed by atoms with Gasteiger partial charge < -0.3 is 9.88 Å². The minimum atomic E-state index is -0.253. The van der Waals surface area contributed by atoms with E-state index in [1.54, 1.807) is 23.7 Å². The van der Waals surface area contributed by atoms with E-state index >= 15 is 0 Å². The number of rotatable bonds is 4. The quantitative estimate of drug-likeness (QED) is 0.686. The Balaban J connectivity index is 1.71. The summed E-state index contributed by atoms with van der Waals surface area (Å²) in [6.45, 7) is 1.86. The van der Waals surface area contributed by atoms with Gasteiger partial charge in [-0.1, -0.05) is 22.9 Å². The van der Waals surface area contributed by atoms with E-state index in [2.05, 4.69) is 5.32 Å². The number of nitrogens with zero attached hydrogens (tertiary/aromatic N) is 1. The first-order valence-electron chi connectivity index (χ1n) is 7.27. The lowest BCUT2D eigenvalue weighted by Gasteiger charge is -2.12. The van der Waals surface area contributed by atoms with Crippen LogP contribution < -0.4 is 10.2 Å². The van der Waals surface area contributed by atoms with Crippen molar-refractivity contribution in [3.05, 3.63) is 57.2 Å². The average molecular weight is 379 g/mol. The van der Waals surface area contributed by atoms with Gasteiger partial charge in [0.25, 0.3) is 0 Å². The largest absolute Gasteiger partial charge is 0.325 e. The summed E-state index contributed by atoms with van der Waals surface area (Å²) < 4.78 is 2.46. The van der Waals surface area contributed by atoms with E-state index in [1.807, 2.05) is 37.3 Å². The van der Waals surface area contributed by atoms with Crippen molar-refractivity contribution in [1.82, 2.24) is 4.57 Å². The fourth-order valence-corrected chi connectivity index (χ4v) is 4.14. The van der Waals surface area contributed by atoms with Gasteiger partial charge in [0.05, 0.1) is 15.5 Å². The predicted molar refractivity (Wildman–Crippen MR) is 102 cm³/mol. The summed E-state index contributed by atoms with van der Waals surface area (Å²) in [5, 5.41) is 3.32. The van der Waals surface area contributed by atoms with Gasteiger partial charge in [-0.25, -0.2) is 0 Å². The van der Waals surface area contributed by atoms with Crippen molar-refractivity contribution in [3.8, 4) is 0 Å². The number of hydrogen-bond donors (Lipinski definition) is 1. The van der Waals surface area contributed by atoms with Crippen molar-refractivity contribution in [1.29, 1.82) is 0 Å². The van der Waals surface area contributed by atoms with Gasteiger partial charge in [-0.15, -0.1) is 11.8 Å². The van der Waals surface area contributed by atoms with Crippen LogP contribution in [0.25, 0.3) is 10.2 Å². The Morgan fingerprint density at radius 2 is 1.96 bits per heavy atom. The lowest BCUT2D eigenvalue weighted by molar-refractivity contribution is -0.115. The monoisotopic (exact) mass is 378 g/mol. The summed E-state index contributed by atoms with van der Waals surface area (Å²) >= 11 is 8.51. The molecule has 0 aliphatic rings. The van der Waals surface area contributed by atoms with Gasteiger partial charge in [-0.2, -0.15) is 0 Å². The fourth-order valence-electron chi connectivity index (χ4n) is 2.23. The zero-order chi connectivity index (χ0) is 17.3. The van der Waals surface area contributed by atoms with Gasteiger partial charge in [-0.3, -0.25) is 9.59 Å². The molecule has 1 heterocycles. The Morgan fingerprint density at radius 3 is 2.67 bits per heavy atom. The van der Waals surface area contributed by atoms with Gasteiger partial charge in [0.15, 0.2) is 0 Å². The van der Waals surface area contributed by atoms with Gasteiger partial charge in [0.1, 0.15) is 0 Å². The molecule has 1 N–H and O–H groups in total. The Morgan fingerprint density at radius 1 is 1.25 bits per heavy atom. The highest BCUT2D eigenvalue weighted by atomic mass is 35.5. The maximum absolute atomic E-state index is 12.4. The molecule has 1 aromatic heterocycles. The third-order valence-corrected chi connectivity index (χ3v) is 5.91. The van der Waals surface area contributed by atoms with E-state index < -0.39 is 0 Å². The van der Waals surface area contributed by atoms with E-state index in [9.17, 15) is 9.59 Å². The van der Waals surface area contributed by atoms with E-state index in [0.717, 1.165) is 15.1 Å². The number of carbonyl (C=O) groups excluding carboxylic acids is 1. The van der Waals surface area contributed by atoms with Crippen LogP contribution in [-0.4, -0.2) is 15.7 Å². The molecule has 3 rings (SSSR count). The molecule has 0 spiro atoms. The van der Waals surface area contributed by atoms with Crippen molar-refractivity contribution < 1.29 is 4.79 Å². The summed E-state index contributed by atoms with van der Waals surface area (Å²) in [6.07, 6.45) is 0. The third-order valence-electron chi connectivity index (χ3n) is 3.56. The number of anilines is 1. The van der Waals surface area contributed by atoms with E-state index in [4.69, 9.17) is 11.6 Å². The lowest BCUT2D eigenvalue weighted by Crippen LogP contribution is -2.22. The minimum absolute atomic E-state index is 0.0138. The molecule has 2 aromatic carbocycles. The van der Waals surface area contributed by atoms with Crippen molar-refractivity contribution in [2.24, 2.45) is 7.05 Å². The Kier molecular flexibility index (Phi) is 4.99. The molecule has 0 radical (unpaired) electrons. The number of aryl methyl sites for hydroxylation is 1. The van der Waals surface area contributed by atoms with Gasteiger partial charge >= 0.3 is 4.87 Å². The Hall–Kier alpha value is -1.76. The molecule has 124 valence electrons.